The van der Waals surface area contributed by atoms with Crippen LogP contribution >= 0.6 is 11.6 Å². The van der Waals surface area contributed by atoms with E-state index in [1.54, 1.807) is 12.1 Å². The van der Waals surface area contributed by atoms with Gasteiger partial charge < -0.3 is 15.7 Å². The summed E-state index contributed by atoms with van der Waals surface area (Å²) in [7, 11) is 0. The Morgan fingerprint density at radius 2 is 2.00 bits per heavy atom. The van der Waals surface area contributed by atoms with Crippen LogP contribution in [0.15, 0.2) is 17.3 Å². The van der Waals surface area contributed by atoms with E-state index >= 15 is 0 Å². The molecule has 15 heavy (non-hydrogen) atoms. The van der Waals surface area contributed by atoms with Crippen molar-refractivity contribution in [3.63, 3.8) is 0 Å². The Balaban J connectivity index is 2.86. The number of nitrogens with two attached hydrogens (primary N) is 1. The number of amidine groups is 1. The molecule has 1 rings (SSSR count). The number of ether oxygens (including phenoxy) is 1. The van der Waals surface area contributed by atoms with E-state index in [0.717, 1.165) is 11.1 Å². The van der Waals surface area contributed by atoms with Gasteiger partial charge in [0.05, 0.1) is 0 Å². The number of aryl methyl sites for hydroxylation is 2. The monoisotopic (exact) mass is 228 g/mol. The topological polar surface area (TPSA) is 67.8 Å². The van der Waals surface area contributed by atoms with E-state index in [2.05, 4.69) is 5.16 Å². The summed E-state index contributed by atoms with van der Waals surface area (Å²) in [6, 6.07) is 3.60. The Bertz CT molecular complexity index is 368. The molecule has 5 heteroatoms. The molecule has 0 spiro atoms. The lowest BCUT2D eigenvalue weighted by molar-refractivity contribution is 0.305. The van der Waals surface area contributed by atoms with Crippen LogP contribution in [0.25, 0.3) is 0 Å². The maximum absolute atomic E-state index is 8.36. The first-order valence-corrected chi connectivity index (χ1v) is 4.78. The summed E-state index contributed by atoms with van der Waals surface area (Å²) in [4.78, 5) is 0. The lowest BCUT2D eigenvalue weighted by Gasteiger charge is -2.11. The SMILES string of the molecule is Cc1cc(Cl)cc(C)c1OC/C(N)=N/O. The van der Waals surface area contributed by atoms with E-state index in [1.165, 1.54) is 0 Å². The van der Waals surface area contributed by atoms with Gasteiger partial charge in [-0.15, -0.1) is 0 Å². The van der Waals surface area contributed by atoms with Crippen LogP contribution in [-0.2, 0) is 0 Å². The zero-order valence-corrected chi connectivity index (χ0v) is 9.38. The molecule has 0 fully saturated rings. The number of oxime groups is 1. The number of halogens is 1. The minimum absolute atomic E-state index is 0.0313. The second-order valence-electron chi connectivity index (χ2n) is 3.25. The lowest BCUT2D eigenvalue weighted by atomic mass is 10.1. The third-order valence-electron chi connectivity index (χ3n) is 1.92. The second-order valence-corrected chi connectivity index (χ2v) is 3.69. The highest BCUT2D eigenvalue weighted by atomic mass is 35.5. The first-order chi connectivity index (χ1) is 7.04. The van der Waals surface area contributed by atoms with Gasteiger partial charge in [-0.2, -0.15) is 0 Å². The van der Waals surface area contributed by atoms with Crippen LogP contribution in [0.4, 0.5) is 0 Å². The normalized spacial score (nSPS) is 11.5. The van der Waals surface area contributed by atoms with Crippen molar-refractivity contribution in [3.8, 4) is 5.75 Å². The Kier molecular flexibility index (Phi) is 3.80. The van der Waals surface area contributed by atoms with Gasteiger partial charge in [0, 0.05) is 5.02 Å². The van der Waals surface area contributed by atoms with Gasteiger partial charge in [-0.3, -0.25) is 0 Å². The zero-order valence-electron chi connectivity index (χ0n) is 8.62. The quantitative estimate of drug-likeness (QED) is 0.360. The Hall–Kier alpha value is -1.42. The summed E-state index contributed by atoms with van der Waals surface area (Å²) < 4.78 is 5.40. The van der Waals surface area contributed by atoms with Crippen molar-refractivity contribution in [1.29, 1.82) is 0 Å². The molecule has 0 heterocycles. The average molecular weight is 229 g/mol. The van der Waals surface area contributed by atoms with Crippen LogP contribution in [0.1, 0.15) is 11.1 Å². The van der Waals surface area contributed by atoms with Crippen LogP contribution in [0, 0.1) is 13.8 Å². The molecule has 1 aromatic rings. The Morgan fingerprint density at radius 3 is 2.47 bits per heavy atom. The Labute approximate surface area is 93.3 Å². The second kappa shape index (κ2) is 4.89. The zero-order chi connectivity index (χ0) is 11.4. The number of nitrogens with zero attached hydrogens (tertiary/aromatic N) is 1. The maximum Gasteiger partial charge on any atom is 0.177 e. The summed E-state index contributed by atoms with van der Waals surface area (Å²) >= 11 is 5.87. The van der Waals surface area contributed by atoms with E-state index < -0.39 is 0 Å². The first-order valence-electron chi connectivity index (χ1n) is 4.40. The summed E-state index contributed by atoms with van der Waals surface area (Å²) in [5.74, 6) is 0.745. The largest absolute Gasteiger partial charge is 0.485 e. The van der Waals surface area contributed by atoms with E-state index in [-0.39, 0.29) is 12.4 Å². The minimum Gasteiger partial charge on any atom is -0.485 e. The van der Waals surface area contributed by atoms with Crippen molar-refractivity contribution in [3.05, 3.63) is 28.3 Å². The molecular weight excluding hydrogens is 216 g/mol. The smallest absolute Gasteiger partial charge is 0.177 e. The van der Waals surface area contributed by atoms with Crippen molar-refractivity contribution in [1.82, 2.24) is 0 Å². The molecule has 82 valence electrons. The molecule has 0 atom stereocenters. The fraction of sp³-hybridized carbons (Fsp3) is 0.300. The van der Waals surface area contributed by atoms with Gasteiger partial charge in [0.2, 0.25) is 0 Å². The standard InChI is InChI=1S/C10H13ClN2O2/c1-6-3-8(11)4-7(2)10(6)15-5-9(12)13-14/h3-4,14H,5H2,1-2H3,(H2,12,13). The third kappa shape index (κ3) is 3.02. The van der Waals surface area contributed by atoms with E-state index in [4.69, 9.17) is 27.3 Å². The molecule has 0 aromatic heterocycles. The fourth-order valence-electron chi connectivity index (χ4n) is 1.30. The molecule has 0 amide bonds. The molecular formula is C10H13ClN2O2. The summed E-state index contributed by atoms with van der Waals surface area (Å²) in [6.45, 7) is 3.83. The molecule has 0 unspecified atom stereocenters. The number of hydrogen-bond acceptors (Lipinski definition) is 3. The molecule has 0 aliphatic rings. The van der Waals surface area contributed by atoms with Gasteiger partial charge in [-0.05, 0) is 37.1 Å². The molecule has 1 aromatic carbocycles. The molecule has 3 N–H and O–H groups in total. The van der Waals surface area contributed by atoms with Crippen molar-refractivity contribution in [2.24, 2.45) is 10.9 Å². The predicted molar refractivity (Wildman–Crippen MR) is 59.8 cm³/mol. The highest BCUT2D eigenvalue weighted by molar-refractivity contribution is 6.30. The average Bonchev–Trinajstić information content (AvgIpc) is 2.15. The van der Waals surface area contributed by atoms with Gasteiger partial charge in [0.25, 0.3) is 0 Å². The Morgan fingerprint density at radius 1 is 1.47 bits per heavy atom. The van der Waals surface area contributed by atoms with Crippen molar-refractivity contribution >= 4 is 17.4 Å². The molecule has 0 aliphatic carbocycles. The highest BCUT2D eigenvalue weighted by Gasteiger charge is 2.06. The van der Waals surface area contributed by atoms with Crippen molar-refractivity contribution in [2.45, 2.75) is 13.8 Å². The molecule has 0 saturated carbocycles. The lowest BCUT2D eigenvalue weighted by Crippen LogP contribution is -2.21. The highest BCUT2D eigenvalue weighted by Crippen LogP contribution is 2.26. The molecule has 0 radical (unpaired) electrons. The number of benzene rings is 1. The van der Waals surface area contributed by atoms with Crippen LogP contribution in [0.2, 0.25) is 5.02 Å². The van der Waals surface area contributed by atoms with Crippen molar-refractivity contribution in [2.75, 3.05) is 6.61 Å². The molecule has 4 nitrogen and oxygen atoms in total. The van der Waals surface area contributed by atoms with Gasteiger partial charge in [0.1, 0.15) is 12.4 Å². The van der Waals surface area contributed by atoms with Crippen LogP contribution in [0.5, 0.6) is 5.75 Å². The summed E-state index contributed by atoms with van der Waals surface area (Å²) in [5, 5.41) is 11.8. The third-order valence-corrected chi connectivity index (χ3v) is 2.14. The van der Waals surface area contributed by atoms with Gasteiger partial charge in [-0.1, -0.05) is 16.8 Å². The predicted octanol–water partition coefficient (Wildman–Crippen LogP) is 2.08. The van der Waals surface area contributed by atoms with E-state index in [1.807, 2.05) is 13.8 Å². The summed E-state index contributed by atoms with van der Waals surface area (Å²) in [5.41, 5.74) is 7.14. The van der Waals surface area contributed by atoms with Crippen LogP contribution in [0.3, 0.4) is 0 Å². The van der Waals surface area contributed by atoms with Crippen molar-refractivity contribution < 1.29 is 9.94 Å². The molecule has 0 saturated heterocycles. The van der Waals surface area contributed by atoms with E-state index in [9.17, 15) is 0 Å². The van der Waals surface area contributed by atoms with Crippen LogP contribution in [-0.4, -0.2) is 17.6 Å². The molecule has 0 aliphatic heterocycles. The van der Waals surface area contributed by atoms with Gasteiger partial charge in [-0.25, -0.2) is 0 Å². The fourth-order valence-corrected chi connectivity index (χ4v) is 1.63. The van der Waals surface area contributed by atoms with Gasteiger partial charge >= 0.3 is 0 Å². The summed E-state index contributed by atoms with van der Waals surface area (Å²) in [6.07, 6.45) is 0. The van der Waals surface area contributed by atoms with Gasteiger partial charge in [0.15, 0.2) is 5.84 Å². The van der Waals surface area contributed by atoms with E-state index in [0.29, 0.717) is 10.8 Å². The maximum atomic E-state index is 8.36. The first kappa shape index (κ1) is 11.7. The minimum atomic E-state index is 0.0313. The molecule has 0 bridgehead atoms. The number of rotatable bonds is 3. The van der Waals surface area contributed by atoms with Crippen LogP contribution < -0.4 is 10.5 Å². The number of hydrogen-bond donors (Lipinski definition) is 2.